The number of rotatable bonds is 1. The lowest BCUT2D eigenvalue weighted by molar-refractivity contribution is 0.0699. The molecule has 0 amide bonds. The van der Waals surface area contributed by atoms with Crippen LogP contribution in [0.1, 0.15) is 15.9 Å². The van der Waals surface area contributed by atoms with Gasteiger partial charge in [-0.15, -0.1) is 0 Å². The second kappa shape index (κ2) is 3.28. The Bertz CT molecular complexity index is 557. The molecule has 4 heteroatoms. The third-order valence-electron chi connectivity index (χ3n) is 2.56. The molecule has 0 saturated heterocycles. The number of carboxylic acid groups (broad SMARTS) is 1. The number of carboxylic acids is 1. The van der Waals surface area contributed by atoms with Crippen LogP contribution in [0.2, 0.25) is 5.02 Å². The van der Waals surface area contributed by atoms with Crippen molar-refractivity contribution in [3.8, 4) is 0 Å². The van der Waals surface area contributed by atoms with Crippen molar-refractivity contribution in [2.75, 3.05) is 0 Å². The molecule has 78 valence electrons. The molecule has 0 unspecified atom stereocenters. The van der Waals surface area contributed by atoms with Crippen LogP contribution in [0.4, 0.5) is 0 Å². The minimum Gasteiger partial charge on any atom is -0.478 e. The van der Waals surface area contributed by atoms with Gasteiger partial charge < -0.3 is 9.67 Å². The van der Waals surface area contributed by atoms with Crippen LogP contribution in [0, 0.1) is 6.92 Å². The Morgan fingerprint density at radius 3 is 2.73 bits per heavy atom. The average Bonchev–Trinajstić information content (AvgIpc) is 2.50. The highest BCUT2D eigenvalue weighted by Crippen LogP contribution is 2.28. The highest BCUT2D eigenvalue weighted by molar-refractivity contribution is 6.32. The summed E-state index contributed by atoms with van der Waals surface area (Å²) < 4.78 is 1.79. The van der Waals surface area contributed by atoms with E-state index in [1.54, 1.807) is 22.9 Å². The van der Waals surface area contributed by atoms with Crippen molar-refractivity contribution in [1.82, 2.24) is 4.57 Å². The van der Waals surface area contributed by atoms with E-state index in [-0.39, 0.29) is 0 Å². The molecule has 0 bridgehead atoms. The van der Waals surface area contributed by atoms with Crippen LogP contribution in [0.3, 0.4) is 0 Å². The number of hydrogen-bond acceptors (Lipinski definition) is 1. The maximum absolute atomic E-state index is 11.0. The molecule has 0 atom stereocenters. The van der Waals surface area contributed by atoms with Gasteiger partial charge in [0, 0.05) is 23.7 Å². The van der Waals surface area contributed by atoms with Gasteiger partial charge in [0.2, 0.25) is 0 Å². The average molecular weight is 224 g/mol. The number of aromatic carboxylic acids is 1. The molecule has 0 aliphatic carbocycles. The third kappa shape index (κ3) is 1.39. The van der Waals surface area contributed by atoms with E-state index in [0.717, 1.165) is 16.5 Å². The summed E-state index contributed by atoms with van der Waals surface area (Å²) in [7, 11) is 1.82. The topological polar surface area (TPSA) is 42.2 Å². The molecule has 1 heterocycles. The molecule has 0 fully saturated rings. The standard InChI is InChI=1S/C11H10ClNO2/c1-6-9(12)4-3-7-8(11(14)15)5-13(2)10(6)7/h3-5H,1-2H3,(H,14,15). The van der Waals surface area contributed by atoms with E-state index < -0.39 is 5.97 Å². The van der Waals surface area contributed by atoms with Crippen LogP contribution in [-0.2, 0) is 7.05 Å². The van der Waals surface area contributed by atoms with E-state index >= 15 is 0 Å². The number of fused-ring (bicyclic) bond motifs is 1. The van der Waals surface area contributed by atoms with Crippen molar-refractivity contribution in [3.63, 3.8) is 0 Å². The number of aryl methyl sites for hydroxylation is 2. The van der Waals surface area contributed by atoms with Crippen molar-refractivity contribution < 1.29 is 9.90 Å². The first-order chi connectivity index (χ1) is 7.02. The maximum atomic E-state index is 11.0. The Morgan fingerprint density at radius 2 is 2.13 bits per heavy atom. The summed E-state index contributed by atoms with van der Waals surface area (Å²) in [5.74, 6) is -0.915. The Kier molecular flexibility index (Phi) is 2.20. The van der Waals surface area contributed by atoms with Crippen LogP contribution >= 0.6 is 11.6 Å². The highest BCUT2D eigenvalue weighted by Gasteiger charge is 2.14. The van der Waals surface area contributed by atoms with Crippen molar-refractivity contribution >= 4 is 28.5 Å². The van der Waals surface area contributed by atoms with E-state index in [9.17, 15) is 4.79 Å². The molecule has 1 aromatic heterocycles. The SMILES string of the molecule is Cc1c(Cl)ccc2c(C(=O)O)cn(C)c12. The van der Waals surface area contributed by atoms with Gasteiger partial charge in [-0.05, 0) is 18.6 Å². The quantitative estimate of drug-likeness (QED) is 0.808. The lowest BCUT2D eigenvalue weighted by Crippen LogP contribution is -1.93. The van der Waals surface area contributed by atoms with Gasteiger partial charge in [0.25, 0.3) is 0 Å². The Balaban J connectivity index is 2.92. The summed E-state index contributed by atoms with van der Waals surface area (Å²) in [6.07, 6.45) is 1.61. The minimum atomic E-state index is -0.915. The first-order valence-electron chi connectivity index (χ1n) is 4.50. The van der Waals surface area contributed by atoms with Crippen molar-refractivity contribution in [2.45, 2.75) is 6.92 Å². The van der Waals surface area contributed by atoms with E-state index in [2.05, 4.69) is 0 Å². The number of halogens is 1. The lowest BCUT2D eigenvalue weighted by Gasteiger charge is -2.02. The zero-order valence-electron chi connectivity index (χ0n) is 8.41. The van der Waals surface area contributed by atoms with Gasteiger partial charge in [-0.3, -0.25) is 0 Å². The van der Waals surface area contributed by atoms with Gasteiger partial charge in [-0.2, -0.15) is 0 Å². The molecule has 0 saturated carbocycles. The second-order valence-electron chi connectivity index (χ2n) is 3.53. The van der Waals surface area contributed by atoms with Crippen LogP contribution in [0.15, 0.2) is 18.3 Å². The molecule has 0 aliphatic heterocycles. The van der Waals surface area contributed by atoms with Gasteiger partial charge in [0.15, 0.2) is 0 Å². The molecule has 2 rings (SSSR count). The van der Waals surface area contributed by atoms with Crippen molar-refractivity contribution in [2.24, 2.45) is 7.05 Å². The summed E-state index contributed by atoms with van der Waals surface area (Å²) in [5.41, 5.74) is 2.09. The molecule has 3 nitrogen and oxygen atoms in total. The molecule has 0 aliphatic rings. The summed E-state index contributed by atoms with van der Waals surface area (Å²) in [5, 5.41) is 10.4. The van der Waals surface area contributed by atoms with Gasteiger partial charge in [-0.25, -0.2) is 4.79 Å². The molecule has 1 N–H and O–H groups in total. The summed E-state index contributed by atoms with van der Waals surface area (Å²) in [6, 6.07) is 3.47. The van der Waals surface area contributed by atoms with Crippen LogP contribution in [-0.4, -0.2) is 15.6 Å². The lowest BCUT2D eigenvalue weighted by atomic mass is 10.1. The van der Waals surface area contributed by atoms with Crippen LogP contribution in [0.5, 0.6) is 0 Å². The molecule has 2 aromatic rings. The van der Waals surface area contributed by atoms with E-state index in [1.807, 2.05) is 14.0 Å². The van der Waals surface area contributed by atoms with Gasteiger partial charge >= 0.3 is 5.97 Å². The highest BCUT2D eigenvalue weighted by atomic mass is 35.5. The van der Waals surface area contributed by atoms with Crippen LogP contribution < -0.4 is 0 Å². The van der Waals surface area contributed by atoms with E-state index in [4.69, 9.17) is 16.7 Å². The Morgan fingerprint density at radius 1 is 1.47 bits per heavy atom. The molecule has 0 radical (unpaired) electrons. The van der Waals surface area contributed by atoms with E-state index in [0.29, 0.717) is 10.6 Å². The predicted molar refractivity (Wildman–Crippen MR) is 59.6 cm³/mol. The number of benzene rings is 1. The fourth-order valence-electron chi connectivity index (χ4n) is 1.85. The first-order valence-corrected chi connectivity index (χ1v) is 4.87. The van der Waals surface area contributed by atoms with Gasteiger partial charge in [0.05, 0.1) is 11.1 Å². The molecular weight excluding hydrogens is 214 g/mol. The number of aromatic nitrogens is 1. The third-order valence-corrected chi connectivity index (χ3v) is 2.97. The first kappa shape index (κ1) is 10.1. The molecular formula is C11H10ClNO2. The zero-order chi connectivity index (χ0) is 11.2. The van der Waals surface area contributed by atoms with Gasteiger partial charge in [-0.1, -0.05) is 17.7 Å². The molecule has 1 aromatic carbocycles. The Hall–Kier alpha value is -1.48. The largest absolute Gasteiger partial charge is 0.478 e. The summed E-state index contributed by atoms with van der Waals surface area (Å²) >= 11 is 5.99. The smallest absolute Gasteiger partial charge is 0.337 e. The number of hydrogen-bond donors (Lipinski definition) is 1. The normalized spacial score (nSPS) is 10.9. The summed E-state index contributed by atoms with van der Waals surface area (Å²) in [6.45, 7) is 1.89. The number of carbonyl (C=O) groups is 1. The second-order valence-corrected chi connectivity index (χ2v) is 3.93. The fraction of sp³-hybridized carbons (Fsp3) is 0.182. The van der Waals surface area contributed by atoms with Crippen LogP contribution in [0.25, 0.3) is 10.9 Å². The zero-order valence-corrected chi connectivity index (χ0v) is 9.17. The summed E-state index contributed by atoms with van der Waals surface area (Å²) in [4.78, 5) is 11.0. The maximum Gasteiger partial charge on any atom is 0.337 e. The molecule has 15 heavy (non-hydrogen) atoms. The fourth-order valence-corrected chi connectivity index (χ4v) is 2.00. The number of nitrogens with zero attached hydrogens (tertiary/aromatic N) is 1. The molecule has 0 spiro atoms. The Labute approximate surface area is 91.9 Å². The van der Waals surface area contributed by atoms with Gasteiger partial charge in [0.1, 0.15) is 0 Å². The monoisotopic (exact) mass is 223 g/mol. The van der Waals surface area contributed by atoms with Crippen molar-refractivity contribution in [3.05, 3.63) is 34.5 Å². The van der Waals surface area contributed by atoms with Crippen molar-refractivity contribution in [1.29, 1.82) is 0 Å². The van der Waals surface area contributed by atoms with E-state index in [1.165, 1.54) is 0 Å². The predicted octanol–water partition coefficient (Wildman–Crippen LogP) is 2.84. The minimum absolute atomic E-state index is 0.312.